The van der Waals surface area contributed by atoms with Gasteiger partial charge < -0.3 is 0 Å². The second kappa shape index (κ2) is 4.84. The molecule has 1 rings (SSSR count). The van der Waals surface area contributed by atoms with Crippen LogP contribution in [0, 0.1) is 31.3 Å². The van der Waals surface area contributed by atoms with Gasteiger partial charge in [0.05, 0.1) is 12.0 Å². The molecule has 0 saturated carbocycles. The molecule has 1 aromatic rings. The predicted molar refractivity (Wildman–Crippen MR) is 46.4 cm³/mol. The van der Waals surface area contributed by atoms with Gasteiger partial charge in [-0.3, -0.25) is 0 Å². The molecule has 0 amide bonds. The first kappa shape index (κ1) is 12.3. The molecular weight excluding hydrogens is 233 g/mol. The van der Waals surface area contributed by atoms with E-state index in [9.17, 15) is 13.2 Å². The third kappa shape index (κ3) is 2.25. The fourth-order valence-corrected chi connectivity index (χ4v) is 1.47. The number of benzene rings is 1. The number of hydrogen-bond donors (Lipinski definition) is 1. The molecule has 0 aliphatic carbocycles. The van der Waals surface area contributed by atoms with Crippen LogP contribution in [0.4, 0.5) is 13.2 Å². The van der Waals surface area contributed by atoms with Crippen LogP contribution in [0.25, 0.3) is 0 Å². The summed E-state index contributed by atoms with van der Waals surface area (Å²) in [7, 11) is 0. The summed E-state index contributed by atoms with van der Waals surface area (Å²) in [6, 6.07) is 0. The van der Waals surface area contributed by atoms with Crippen LogP contribution in [0.1, 0.15) is 11.1 Å². The molecule has 0 atom stereocenters. The van der Waals surface area contributed by atoms with Crippen molar-refractivity contribution in [2.75, 3.05) is 0 Å². The van der Waals surface area contributed by atoms with E-state index in [4.69, 9.17) is 5.26 Å². The lowest BCUT2D eigenvalue weighted by molar-refractivity contribution is -0.432. The zero-order valence-corrected chi connectivity index (χ0v) is 8.62. The molecule has 0 aliphatic rings. The monoisotopic (exact) mass is 240 g/mol. The molecule has 0 bridgehead atoms. The molecule has 84 valence electrons. The molecule has 0 spiro atoms. The van der Waals surface area contributed by atoms with E-state index in [-0.39, 0.29) is 23.2 Å². The number of halogens is 3. The van der Waals surface area contributed by atoms with E-state index >= 15 is 0 Å². The first-order chi connectivity index (χ1) is 7.00. The summed E-state index contributed by atoms with van der Waals surface area (Å²) < 4.78 is 43.6. The average molecular weight is 240 g/mol. The van der Waals surface area contributed by atoms with E-state index in [0.717, 1.165) is 0 Å². The third-order valence-corrected chi connectivity index (χ3v) is 2.61. The van der Waals surface area contributed by atoms with Crippen LogP contribution in [0.2, 0.25) is 0 Å². The van der Waals surface area contributed by atoms with E-state index in [1.807, 2.05) is 0 Å². The van der Waals surface area contributed by atoms with E-state index in [1.165, 1.54) is 13.8 Å². The van der Waals surface area contributed by atoms with Gasteiger partial charge in [-0.15, -0.1) is 4.33 Å². The SMILES string of the molecule is Cc1c(C)c(F)c(SOOO)c(F)c1F. The van der Waals surface area contributed by atoms with Gasteiger partial charge in [0, 0.05) is 0 Å². The fourth-order valence-electron chi connectivity index (χ4n) is 0.983. The minimum absolute atomic E-state index is 0.0297. The van der Waals surface area contributed by atoms with Crippen LogP contribution in [0.5, 0.6) is 0 Å². The summed E-state index contributed by atoms with van der Waals surface area (Å²) in [6.07, 6.45) is 0. The zero-order chi connectivity index (χ0) is 11.6. The Morgan fingerprint density at radius 1 is 1.00 bits per heavy atom. The molecule has 15 heavy (non-hydrogen) atoms. The molecule has 1 N–H and O–H groups in total. The van der Waals surface area contributed by atoms with Gasteiger partial charge in [0.1, 0.15) is 10.7 Å². The largest absolute Gasteiger partial charge is 0.220 e. The Morgan fingerprint density at radius 3 is 2.07 bits per heavy atom. The van der Waals surface area contributed by atoms with Crippen molar-refractivity contribution < 1.29 is 27.8 Å². The van der Waals surface area contributed by atoms with Crippen molar-refractivity contribution in [3.8, 4) is 0 Å². The van der Waals surface area contributed by atoms with Gasteiger partial charge in [0.25, 0.3) is 0 Å². The Balaban J connectivity index is 3.26. The fraction of sp³-hybridized carbons (Fsp3) is 0.250. The van der Waals surface area contributed by atoms with Crippen LogP contribution in [0.15, 0.2) is 4.90 Å². The normalized spacial score (nSPS) is 10.8. The highest BCUT2D eigenvalue weighted by Gasteiger charge is 2.21. The van der Waals surface area contributed by atoms with E-state index in [1.54, 1.807) is 0 Å². The van der Waals surface area contributed by atoms with Crippen molar-refractivity contribution in [2.24, 2.45) is 0 Å². The van der Waals surface area contributed by atoms with Crippen molar-refractivity contribution in [1.29, 1.82) is 0 Å². The smallest absolute Gasteiger partial charge is 0.178 e. The summed E-state index contributed by atoms with van der Waals surface area (Å²) in [5.41, 5.74) is -0.141. The molecule has 0 aliphatic heterocycles. The Bertz CT molecular complexity index is 355. The third-order valence-electron chi connectivity index (χ3n) is 1.96. The molecule has 1 aromatic carbocycles. The highest BCUT2D eigenvalue weighted by molar-refractivity contribution is 7.94. The van der Waals surface area contributed by atoms with Gasteiger partial charge in [0.15, 0.2) is 11.6 Å². The van der Waals surface area contributed by atoms with Crippen LogP contribution >= 0.6 is 12.0 Å². The molecule has 0 unspecified atom stereocenters. The van der Waals surface area contributed by atoms with Gasteiger partial charge >= 0.3 is 0 Å². The summed E-state index contributed by atoms with van der Waals surface area (Å²) in [5.74, 6) is -3.48. The van der Waals surface area contributed by atoms with Crippen molar-refractivity contribution >= 4 is 12.0 Å². The standard InChI is InChI=1S/C8H7F3O3S/c1-3-4(2)6(10)8(15-14-13-12)7(11)5(3)9/h12H,1-2H3. The van der Waals surface area contributed by atoms with Gasteiger partial charge in [-0.2, -0.15) is 0 Å². The summed E-state index contributed by atoms with van der Waals surface area (Å²) in [5, 5.41) is 11.0. The predicted octanol–water partition coefficient (Wildman–Crippen LogP) is 3.15. The summed E-state index contributed by atoms with van der Waals surface area (Å²) in [6.45, 7) is 2.56. The zero-order valence-electron chi connectivity index (χ0n) is 7.81. The van der Waals surface area contributed by atoms with Crippen LogP contribution in [-0.4, -0.2) is 5.26 Å². The highest BCUT2D eigenvalue weighted by Crippen LogP contribution is 2.31. The van der Waals surface area contributed by atoms with Crippen molar-refractivity contribution in [1.82, 2.24) is 0 Å². The molecular formula is C8H7F3O3S. The topological polar surface area (TPSA) is 38.7 Å². The van der Waals surface area contributed by atoms with Crippen LogP contribution < -0.4 is 0 Å². The maximum absolute atomic E-state index is 13.4. The lowest BCUT2D eigenvalue weighted by Gasteiger charge is -2.09. The lowest BCUT2D eigenvalue weighted by atomic mass is 10.1. The average Bonchev–Trinajstić information content (AvgIpc) is 2.24. The molecule has 0 aromatic heterocycles. The van der Waals surface area contributed by atoms with E-state index < -0.39 is 22.3 Å². The van der Waals surface area contributed by atoms with E-state index in [2.05, 4.69) is 9.37 Å². The second-order valence-corrected chi connectivity index (χ2v) is 3.46. The Kier molecular flexibility index (Phi) is 3.97. The molecule has 0 saturated heterocycles. The van der Waals surface area contributed by atoms with Crippen LogP contribution in [0.3, 0.4) is 0 Å². The Hall–Kier alpha value is -0.760. The van der Waals surface area contributed by atoms with Crippen molar-refractivity contribution in [2.45, 2.75) is 18.7 Å². The van der Waals surface area contributed by atoms with Crippen molar-refractivity contribution in [3.63, 3.8) is 0 Å². The highest BCUT2D eigenvalue weighted by atomic mass is 32.2. The number of rotatable bonds is 3. The quantitative estimate of drug-likeness (QED) is 0.381. The Morgan fingerprint density at radius 2 is 1.53 bits per heavy atom. The first-order valence-electron chi connectivity index (χ1n) is 3.79. The van der Waals surface area contributed by atoms with Gasteiger partial charge in [0.2, 0.25) is 0 Å². The van der Waals surface area contributed by atoms with Gasteiger partial charge in [-0.05, 0) is 25.0 Å². The minimum atomic E-state index is -1.38. The molecule has 3 nitrogen and oxygen atoms in total. The maximum Gasteiger partial charge on any atom is 0.178 e. The molecule has 0 fully saturated rings. The summed E-state index contributed by atoms with van der Waals surface area (Å²) in [4.78, 5) is -0.704. The number of hydrogen-bond acceptors (Lipinski definition) is 4. The summed E-state index contributed by atoms with van der Waals surface area (Å²) >= 11 is 0.0485. The van der Waals surface area contributed by atoms with Gasteiger partial charge in [-0.25, -0.2) is 18.4 Å². The van der Waals surface area contributed by atoms with Gasteiger partial charge in [-0.1, -0.05) is 5.04 Å². The minimum Gasteiger partial charge on any atom is -0.220 e. The maximum atomic E-state index is 13.4. The molecule has 0 heterocycles. The second-order valence-electron chi connectivity index (χ2n) is 2.75. The van der Waals surface area contributed by atoms with Crippen LogP contribution in [-0.2, 0) is 9.37 Å². The van der Waals surface area contributed by atoms with E-state index in [0.29, 0.717) is 0 Å². The first-order valence-corrected chi connectivity index (χ1v) is 4.53. The Labute approximate surface area is 87.9 Å². The molecule has 7 heteroatoms. The van der Waals surface area contributed by atoms with Crippen molar-refractivity contribution in [3.05, 3.63) is 28.6 Å². The lowest BCUT2D eigenvalue weighted by Crippen LogP contribution is -2.01. The molecule has 0 radical (unpaired) electrons.